The summed E-state index contributed by atoms with van der Waals surface area (Å²) in [6, 6.07) is 8.00. The van der Waals surface area contributed by atoms with Crippen LogP contribution in [0.5, 0.6) is 0 Å². The van der Waals surface area contributed by atoms with E-state index in [1.54, 1.807) is 0 Å². The molecule has 1 aliphatic heterocycles. The summed E-state index contributed by atoms with van der Waals surface area (Å²) < 4.78 is 0. The highest BCUT2D eigenvalue weighted by molar-refractivity contribution is 7.99. The van der Waals surface area contributed by atoms with Crippen LogP contribution < -0.4 is 0 Å². The maximum absolute atomic E-state index is 12.1. The van der Waals surface area contributed by atoms with Gasteiger partial charge >= 0.3 is 0 Å². The molecule has 0 saturated carbocycles. The molecule has 1 saturated heterocycles. The van der Waals surface area contributed by atoms with Gasteiger partial charge in [-0.1, -0.05) is 29.8 Å². The van der Waals surface area contributed by atoms with Crippen molar-refractivity contribution in [2.75, 3.05) is 24.7 Å². The number of alkyl halides is 1. The molecular weight excluding hydrogens is 313 g/mol. The smallest absolute Gasteiger partial charge is 0.222 e. The van der Waals surface area contributed by atoms with Crippen molar-refractivity contribution in [2.45, 2.75) is 24.5 Å². The van der Waals surface area contributed by atoms with Crippen LogP contribution >= 0.6 is 35.0 Å². The van der Waals surface area contributed by atoms with Gasteiger partial charge in [0.2, 0.25) is 5.91 Å². The molecule has 2 rings (SSSR count). The summed E-state index contributed by atoms with van der Waals surface area (Å²) in [7, 11) is 0. The molecule has 1 heterocycles. The molecule has 0 spiro atoms. The maximum atomic E-state index is 12.1. The number of hydrogen-bond acceptors (Lipinski definition) is 2. The zero-order chi connectivity index (χ0) is 14.4. The monoisotopic (exact) mass is 331 g/mol. The molecule has 110 valence electrons. The Balaban J connectivity index is 1.95. The molecule has 1 aromatic carbocycles. The van der Waals surface area contributed by atoms with Crippen molar-refractivity contribution in [3.05, 3.63) is 34.9 Å². The summed E-state index contributed by atoms with van der Waals surface area (Å²) >= 11 is 13.8. The lowest BCUT2D eigenvalue weighted by Gasteiger charge is -2.20. The van der Waals surface area contributed by atoms with Gasteiger partial charge in [-0.2, -0.15) is 11.8 Å². The van der Waals surface area contributed by atoms with Gasteiger partial charge < -0.3 is 4.90 Å². The topological polar surface area (TPSA) is 20.3 Å². The Labute approximate surface area is 134 Å². The van der Waals surface area contributed by atoms with Gasteiger partial charge in [0.25, 0.3) is 0 Å². The first-order valence-corrected chi connectivity index (χ1v) is 8.88. The third-order valence-corrected chi connectivity index (χ3v) is 5.39. The third-order valence-electron chi connectivity index (χ3n) is 3.47. The molecule has 1 aromatic rings. The summed E-state index contributed by atoms with van der Waals surface area (Å²) in [4.78, 5) is 14.0. The average molecular weight is 332 g/mol. The van der Waals surface area contributed by atoms with Crippen molar-refractivity contribution in [1.82, 2.24) is 4.90 Å². The fourth-order valence-corrected chi connectivity index (χ4v) is 4.11. The molecule has 0 radical (unpaired) electrons. The lowest BCUT2D eigenvalue weighted by atomic mass is 10.1. The minimum absolute atomic E-state index is 0.228. The van der Waals surface area contributed by atoms with E-state index in [4.69, 9.17) is 23.2 Å². The molecule has 1 amide bonds. The first-order chi connectivity index (χ1) is 9.72. The summed E-state index contributed by atoms with van der Waals surface area (Å²) in [5.41, 5.74) is 1.19. The van der Waals surface area contributed by atoms with E-state index in [1.807, 2.05) is 34.9 Å². The summed E-state index contributed by atoms with van der Waals surface area (Å²) in [6.45, 7) is 1.64. The van der Waals surface area contributed by atoms with Crippen LogP contribution in [0.2, 0.25) is 5.02 Å². The Hall–Kier alpha value is -0.380. The van der Waals surface area contributed by atoms with Gasteiger partial charge in [0, 0.05) is 41.4 Å². The van der Waals surface area contributed by atoms with Crippen molar-refractivity contribution in [2.24, 2.45) is 0 Å². The standard InChI is InChI=1S/C15H19Cl2NOS/c16-8-3-6-15(19)18-9-7-14(20-11-10-18)12-4-1-2-5-13(12)17/h1-2,4-5,14H,3,6-11H2. The largest absolute Gasteiger partial charge is 0.342 e. The van der Waals surface area contributed by atoms with Gasteiger partial charge in [-0.3, -0.25) is 4.79 Å². The Bertz CT molecular complexity index is 455. The van der Waals surface area contributed by atoms with Crippen LogP contribution in [-0.4, -0.2) is 35.5 Å². The molecular formula is C15H19Cl2NOS. The molecule has 2 nitrogen and oxygen atoms in total. The molecule has 5 heteroatoms. The number of hydrogen-bond donors (Lipinski definition) is 0. The van der Waals surface area contributed by atoms with Crippen molar-refractivity contribution < 1.29 is 4.79 Å². The minimum Gasteiger partial charge on any atom is -0.342 e. The number of thioether (sulfide) groups is 1. The number of nitrogens with zero attached hydrogens (tertiary/aromatic N) is 1. The van der Waals surface area contributed by atoms with Gasteiger partial charge in [-0.05, 0) is 24.5 Å². The third kappa shape index (κ3) is 4.31. The van der Waals surface area contributed by atoms with Crippen LogP contribution in [0.1, 0.15) is 30.1 Å². The van der Waals surface area contributed by atoms with Gasteiger partial charge in [-0.25, -0.2) is 0 Å². The first kappa shape index (κ1) is 16.0. The zero-order valence-electron chi connectivity index (χ0n) is 11.4. The second-order valence-electron chi connectivity index (χ2n) is 4.84. The lowest BCUT2D eigenvalue weighted by Crippen LogP contribution is -2.32. The van der Waals surface area contributed by atoms with Gasteiger partial charge in [0.05, 0.1) is 0 Å². The van der Waals surface area contributed by atoms with Gasteiger partial charge in [0.1, 0.15) is 0 Å². The van der Waals surface area contributed by atoms with E-state index in [1.165, 1.54) is 5.56 Å². The highest BCUT2D eigenvalue weighted by Gasteiger charge is 2.22. The van der Waals surface area contributed by atoms with Crippen LogP contribution in [-0.2, 0) is 4.79 Å². The molecule has 0 bridgehead atoms. The second kappa shape index (κ2) is 8.16. The zero-order valence-corrected chi connectivity index (χ0v) is 13.7. The number of amides is 1. The van der Waals surface area contributed by atoms with E-state index < -0.39 is 0 Å². The lowest BCUT2D eigenvalue weighted by molar-refractivity contribution is -0.130. The fraction of sp³-hybridized carbons (Fsp3) is 0.533. The Morgan fingerprint density at radius 1 is 1.35 bits per heavy atom. The second-order valence-corrected chi connectivity index (χ2v) is 6.94. The fourth-order valence-electron chi connectivity index (χ4n) is 2.38. The quantitative estimate of drug-likeness (QED) is 0.763. The molecule has 0 aromatic heterocycles. The Morgan fingerprint density at radius 3 is 2.90 bits per heavy atom. The molecule has 20 heavy (non-hydrogen) atoms. The van der Waals surface area contributed by atoms with Crippen LogP contribution in [0.3, 0.4) is 0 Å². The molecule has 1 fully saturated rings. The summed E-state index contributed by atoms with van der Waals surface area (Å²) in [6.07, 6.45) is 2.28. The van der Waals surface area contributed by atoms with E-state index in [2.05, 4.69) is 6.07 Å². The predicted octanol–water partition coefficient (Wildman–Crippen LogP) is 4.37. The number of benzene rings is 1. The Kier molecular flexibility index (Phi) is 6.53. The van der Waals surface area contributed by atoms with E-state index >= 15 is 0 Å². The van der Waals surface area contributed by atoms with Gasteiger partial charge in [0.15, 0.2) is 0 Å². The number of halogens is 2. The van der Waals surface area contributed by atoms with Crippen LogP contribution in [0.25, 0.3) is 0 Å². The number of rotatable bonds is 4. The molecule has 1 aliphatic rings. The van der Waals surface area contributed by atoms with Gasteiger partial charge in [-0.15, -0.1) is 11.6 Å². The SMILES string of the molecule is O=C(CCCCl)N1CCSC(c2ccccc2Cl)CC1. The van der Waals surface area contributed by atoms with Crippen molar-refractivity contribution in [1.29, 1.82) is 0 Å². The van der Waals surface area contributed by atoms with Crippen molar-refractivity contribution in [3.63, 3.8) is 0 Å². The highest BCUT2D eigenvalue weighted by atomic mass is 35.5. The van der Waals surface area contributed by atoms with E-state index in [-0.39, 0.29) is 5.91 Å². The predicted molar refractivity (Wildman–Crippen MR) is 87.8 cm³/mol. The van der Waals surface area contributed by atoms with E-state index in [9.17, 15) is 4.79 Å². The molecule has 0 aliphatic carbocycles. The average Bonchev–Trinajstić information content (AvgIpc) is 2.71. The van der Waals surface area contributed by atoms with Crippen molar-refractivity contribution >= 4 is 40.9 Å². The van der Waals surface area contributed by atoms with E-state index in [0.717, 1.165) is 36.7 Å². The molecule has 1 unspecified atom stereocenters. The van der Waals surface area contributed by atoms with Crippen LogP contribution in [0, 0.1) is 0 Å². The normalized spacial score (nSPS) is 19.7. The maximum Gasteiger partial charge on any atom is 0.222 e. The van der Waals surface area contributed by atoms with Crippen LogP contribution in [0.15, 0.2) is 24.3 Å². The summed E-state index contributed by atoms with van der Waals surface area (Å²) in [5.74, 6) is 1.74. The summed E-state index contributed by atoms with van der Waals surface area (Å²) in [5, 5.41) is 1.21. The minimum atomic E-state index is 0.228. The number of carbonyl (C=O) groups is 1. The van der Waals surface area contributed by atoms with Crippen molar-refractivity contribution in [3.8, 4) is 0 Å². The van der Waals surface area contributed by atoms with Crippen LogP contribution in [0.4, 0.5) is 0 Å². The first-order valence-electron chi connectivity index (χ1n) is 6.92. The number of carbonyl (C=O) groups excluding carboxylic acids is 1. The van der Waals surface area contributed by atoms with E-state index in [0.29, 0.717) is 17.6 Å². The molecule has 1 atom stereocenters. The highest BCUT2D eigenvalue weighted by Crippen LogP contribution is 2.37. The Morgan fingerprint density at radius 2 is 2.15 bits per heavy atom. The molecule has 0 N–H and O–H groups in total.